The Bertz CT molecular complexity index is 921. The molecule has 10 nitrogen and oxygen atoms in total. The van der Waals surface area contributed by atoms with Crippen molar-refractivity contribution >= 4 is 20.9 Å². The zero-order valence-electron chi connectivity index (χ0n) is 19.8. The van der Waals surface area contributed by atoms with Crippen molar-refractivity contribution in [1.29, 1.82) is 0 Å². The number of nitrogens with zero attached hydrogens (tertiary/aromatic N) is 1. The number of hydrogen-bond donors (Lipinski definition) is 1. The highest BCUT2D eigenvalue weighted by atomic mass is 31.2. The van der Waals surface area contributed by atoms with Crippen LogP contribution >= 0.6 is 8.60 Å². The summed E-state index contributed by atoms with van der Waals surface area (Å²) in [5, 5.41) is 2.54. The van der Waals surface area contributed by atoms with Gasteiger partial charge in [0.2, 0.25) is 0 Å². The lowest BCUT2D eigenvalue weighted by atomic mass is 10.2. The third-order valence-electron chi connectivity index (χ3n) is 5.01. The summed E-state index contributed by atoms with van der Waals surface area (Å²) in [6.45, 7) is 0.188. The van der Waals surface area contributed by atoms with Crippen molar-refractivity contribution in [3.8, 4) is 23.0 Å². The van der Waals surface area contributed by atoms with Crippen LogP contribution in [0.4, 0.5) is 4.79 Å². The molecule has 2 amide bonds. The third-order valence-corrected chi connectivity index (χ3v) is 6.09. The second kappa shape index (κ2) is 13.5. The maximum atomic E-state index is 12.2. The van der Waals surface area contributed by atoms with Gasteiger partial charge in [-0.3, -0.25) is 14.2 Å². The maximum absolute atomic E-state index is 12.2. The van der Waals surface area contributed by atoms with Gasteiger partial charge in [-0.25, -0.2) is 4.79 Å². The summed E-state index contributed by atoms with van der Waals surface area (Å²) >= 11 is 0. The largest absolute Gasteiger partial charge is 0.497 e. The summed E-state index contributed by atoms with van der Waals surface area (Å²) in [4.78, 5) is 24.2. The normalized spacial score (nSPS) is 17.3. The van der Waals surface area contributed by atoms with Crippen molar-refractivity contribution in [2.75, 3.05) is 27.9 Å². The first-order valence-corrected chi connectivity index (χ1v) is 12.0. The smallest absolute Gasteiger partial charge is 0.463 e. The van der Waals surface area contributed by atoms with E-state index in [2.05, 4.69) is 5.32 Å². The highest BCUT2D eigenvalue weighted by Gasteiger charge is 2.33. The van der Waals surface area contributed by atoms with E-state index in [1.165, 1.54) is 24.2 Å². The molecule has 1 saturated heterocycles. The first-order chi connectivity index (χ1) is 17.1. The van der Waals surface area contributed by atoms with E-state index < -0.39 is 14.8 Å². The number of amides is 2. The van der Waals surface area contributed by atoms with Gasteiger partial charge in [-0.05, 0) is 67.4 Å². The number of urea groups is 1. The van der Waals surface area contributed by atoms with Gasteiger partial charge >= 0.3 is 14.6 Å². The van der Waals surface area contributed by atoms with Crippen molar-refractivity contribution < 1.29 is 37.4 Å². The van der Waals surface area contributed by atoms with Crippen LogP contribution in [0.3, 0.4) is 0 Å². The molecule has 2 aromatic rings. The zero-order chi connectivity index (χ0) is 25.0. The predicted octanol–water partition coefficient (Wildman–Crippen LogP) is 4.26. The van der Waals surface area contributed by atoms with E-state index in [0.29, 0.717) is 42.1 Å². The third kappa shape index (κ3) is 7.85. The lowest BCUT2D eigenvalue weighted by Gasteiger charge is -2.25. The molecule has 0 aromatic heterocycles. The van der Waals surface area contributed by atoms with Gasteiger partial charge in [0.1, 0.15) is 35.5 Å². The summed E-state index contributed by atoms with van der Waals surface area (Å²) in [6.07, 6.45) is 3.67. The predicted molar refractivity (Wildman–Crippen MR) is 130 cm³/mol. The molecule has 35 heavy (non-hydrogen) atoms. The second-order valence-electron chi connectivity index (χ2n) is 7.28. The Kier molecular flexibility index (Phi) is 10.2. The van der Waals surface area contributed by atoms with Crippen LogP contribution in [0.2, 0.25) is 0 Å². The van der Waals surface area contributed by atoms with Gasteiger partial charge in [0, 0.05) is 13.2 Å². The summed E-state index contributed by atoms with van der Waals surface area (Å²) < 4.78 is 34.3. The fourth-order valence-corrected chi connectivity index (χ4v) is 4.24. The second-order valence-corrected chi connectivity index (χ2v) is 8.35. The number of ether oxygens (including phenoxy) is 3. The number of rotatable bonds is 12. The van der Waals surface area contributed by atoms with E-state index in [-0.39, 0.29) is 18.7 Å². The van der Waals surface area contributed by atoms with Crippen molar-refractivity contribution in [3.63, 3.8) is 0 Å². The molecule has 1 aliphatic heterocycles. The van der Waals surface area contributed by atoms with Gasteiger partial charge in [0.15, 0.2) is 0 Å². The molecule has 1 fully saturated rings. The molecule has 2 atom stereocenters. The molecule has 188 valence electrons. The van der Waals surface area contributed by atoms with Gasteiger partial charge in [-0.15, -0.1) is 0 Å². The van der Waals surface area contributed by atoms with E-state index in [9.17, 15) is 9.59 Å². The van der Waals surface area contributed by atoms with Crippen LogP contribution in [0.15, 0.2) is 60.8 Å². The Hall–Kier alpha value is -3.33. The van der Waals surface area contributed by atoms with Gasteiger partial charge in [-0.1, -0.05) is 0 Å². The van der Waals surface area contributed by atoms with Crippen LogP contribution < -0.4 is 23.8 Å². The van der Waals surface area contributed by atoms with Gasteiger partial charge in [-0.2, -0.15) is 0 Å². The van der Waals surface area contributed by atoms with Crippen LogP contribution in [0.1, 0.15) is 12.8 Å². The summed E-state index contributed by atoms with van der Waals surface area (Å²) in [7, 11) is 2.87. The number of carbonyl (C=O) groups is 2. The van der Waals surface area contributed by atoms with Crippen molar-refractivity contribution in [2.24, 2.45) is 0 Å². The van der Waals surface area contributed by atoms with Gasteiger partial charge in [0.25, 0.3) is 0 Å². The molecule has 3 rings (SSSR count). The fraction of sp³-hybridized carbons (Fsp3) is 0.333. The molecule has 0 saturated carbocycles. The topological polar surface area (TPSA) is 105 Å². The van der Waals surface area contributed by atoms with Crippen molar-refractivity contribution in [3.05, 3.63) is 60.8 Å². The molecule has 2 unspecified atom stereocenters. The van der Waals surface area contributed by atoms with Crippen LogP contribution in [0.25, 0.3) is 0 Å². The first kappa shape index (κ1) is 26.3. The minimum absolute atomic E-state index is 0.188. The Morgan fingerprint density at radius 2 is 1.54 bits per heavy atom. The SMILES string of the molecule is CNC(=O)N(/C=C\C=O)C1CCC(COP(Oc2ccc(OC)cc2)Oc2ccc(OC)cc2)O1. The summed E-state index contributed by atoms with van der Waals surface area (Å²) in [5.74, 6) is 2.52. The minimum Gasteiger partial charge on any atom is -0.497 e. The molecular weight excluding hydrogens is 475 g/mol. The number of carbonyl (C=O) groups excluding carboxylic acids is 2. The molecule has 0 bridgehead atoms. The van der Waals surface area contributed by atoms with Gasteiger partial charge in [0.05, 0.1) is 26.9 Å². The monoisotopic (exact) mass is 504 g/mol. The van der Waals surface area contributed by atoms with Crippen LogP contribution in [0, 0.1) is 0 Å². The molecular formula is C24H29N2O8P. The summed E-state index contributed by atoms with van der Waals surface area (Å²) in [6, 6.07) is 13.8. The molecule has 11 heteroatoms. The Labute approximate surface area is 205 Å². The molecule has 0 aliphatic carbocycles. The van der Waals surface area contributed by atoms with Crippen LogP contribution in [-0.2, 0) is 14.1 Å². The van der Waals surface area contributed by atoms with E-state index in [4.69, 9.17) is 27.8 Å². The Morgan fingerprint density at radius 3 is 2.03 bits per heavy atom. The van der Waals surface area contributed by atoms with E-state index in [0.717, 1.165) is 0 Å². The van der Waals surface area contributed by atoms with Crippen LogP contribution in [0.5, 0.6) is 23.0 Å². The quantitative estimate of drug-likeness (QED) is 0.260. The number of allylic oxidation sites excluding steroid dienone is 1. The van der Waals surface area contributed by atoms with Gasteiger partial charge < -0.3 is 28.6 Å². The number of benzene rings is 2. The van der Waals surface area contributed by atoms with Crippen molar-refractivity contribution in [1.82, 2.24) is 10.2 Å². The molecule has 0 spiro atoms. The Morgan fingerprint density at radius 1 is 1.00 bits per heavy atom. The number of methoxy groups -OCH3 is 2. The van der Waals surface area contributed by atoms with E-state index in [1.54, 1.807) is 62.8 Å². The maximum Gasteiger partial charge on any atom is 0.463 e. The Balaban J connectivity index is 1.64. The molecule has 1 aliphatic rings. The van der Waals surface area contributed by atoms with E-state index >= 15 is 0 Å². The summed E-state index contributed by atoms with van der Waals surface area (Å²) in [5.41, 5.74) is 0. The first-order valence-electron chi connectivity index (χ1n) is 10.9. The van der Waals surface area contributed by atoms with E-state index in [1.807, 2.05) is 0 Å². The zero-order valence-corrected chi connectivity index (χ0v) is 20.7. The number of hydrogen-bond acceptors (Lipinski definition) is 8. The highest BCUT2D eigenvalue weighted by Crippen LogP contribution is 2.43. The fourth-order valence-electron chi connectivity index (χ4n) is 3.23. The molecule has 0 radical (unpaired) electrons. The lowest BCUT2D eigenvalue weighted by molar-refractivity contribution is -0.104. The highest BCUT2D eigenvalue weighted by molar-refractivity contribution is 7.42. The minimum atomic E-state index is -1.83. The lowest BCUT2D eigenvalue weighted by Crippen LogP contribution is -2.41. The van der Waals surface area contributed by atoms with Crippen LogP contribution in [-0.4, -0.2) is 57.4 Å². The van der Waals surface area contributed by atoms with Crippen molar-refractivity contribution in [2.45, 2.75) is 25.2 Å². The average molecular weight is 504 g/mol. The number of nitrogens with one attached hydrogen (secondary N) is 1. The molecule has 1 heterocycles. The molecule has 1 N–H and O–H groups in total. The average Bonchev–Trinajstić information content (AvgIpc) is 3.37. The molecule has 2 aromatic carbocycles. The standard InChI is InChI=1S/C24H29N2O8P/c1-25-24(28)26(15-4-16-27)23-14-13-22(32-23)17-31-35(33-20-9-5-18(29-2)6-10-20)34-21-11-7-19(30-3)8-12-21/h4-12,15-16,22-23H,13-14,17H2,1-3H3,(H,25,28)/b15-4-. The number of aldehydes is 1.